The molecule has 0 bridgehead atoms. The van der Waals surface area contributed by atoms with Crippen molar-refractivity contribution in [3.05, 3.63) is 29.8 Å². The number of amides is 1. The highest BCUT2D eigenvalue weighted by molar-refractivity contribution is 5.92. The minimum atomic E-state index is -0.501. The number of hydrogen-bond acceptors (Lipinski definition) is 2. The average Bonchev–Trinajstić information content (AvgIpc) is 2.38. The van der Waals surface area contributed by atoms with Gasteiger partial charge in [0.05, 0.1) is 11.5 Å². The summed E-state index contributed by atoms with van der Waals surface area (Å²) in [5, 5.41) is 11.9. The Morgan fingerprint density at radius 2 is 1.94 bits per heavy atom. The van der Waals surface area contributed by atoms with Gasteiger partial charge in [-0.2, -0.15) is 5.26 Å². The number of hydrogen-bond donors (Lipinski definition) is 1. The molecule has 1 unspecified atom stereocenters. The van der Waals surface area contributed by atoms with Gasteiger partial charge in [0.15, 0.2) is 0 Å². The number of nitrogens with one attached hydrogen (secondary N) is 1. The smallest absolute Gasteiger partial charge is 0.227 e. The van der Waals surface area contributed by atoms with Gasteiger partial charge in [0.1, 0.15) is 0 Å². The van der Waals surface area contributed by atoms with E-state index >= 15 is 0 Å². The van der Waals surface area contributed by atoms with E-state index in [2.05, 4.69) is 11.4 Å². The molecular formula is C15H20N2O. The first-order chi connectivity index (χ1) is 8.40. The standard InChI is InChI=1S/C15H20N2O/c1-5-11(2)14(18)17-13-8-6-12(7-9-13)15(3,4)10-16/h6-9,11H,5H2,1-4H3,(H,17,18). The SMILES string of the molecule is CCC(C)C(=O)Nc1ccc(C(C)(C)C#N)cc1. The highest BCUT2D eigenvalue weighted by Gasteiger charge is 2.19. The first-order valence-electron chi connectivity index (χ1n) is 6.23. The summed E-state index contributed by atoms with van der Waals surface area (Å²) < 4.78 is 0. The lowest BCUT2D eigenvalue weighted by Gasteiger charge is -2.16. The Morgan fingerprint density at radius 3 is 2.39 bits per heavy atom. The summed E-state index contributed by atoms with van der Waals surface area (Å²) in [5.41, 5.74) is 1.23. The summed E-state index contributed by atoms with van der Waals surface area (Å²) in [5.74, 6) is 0.0463. The zero-order valence-electron chi connectivity index (χ0n) is 11.4. The molecule has 1 aromatic carbocycles. The quantitative estimate of drug-likeness (QED) is 0.881. The average molecular weight is 244 g/mol. The van der Waals surface area contributed by atoms with Crippen LogP contribution >= 0.6 is 0 Å². The van der Waals surface area contributed by atoms with Gasteiger partial charge in [0.25, 0.3) is 0 Å². The Balaban J connectivity index is 2.79. The first kappa shape index (κ1) is 14.2. The Labute approximate surface area is 109 Å². The largest absolute Gasteiger partial charge is 0.326 e. The molecule has 0 saturated carbocycles. The molecule has 1 rings (SSSR count). The Morgan fingerprint density at radius 1 is 1.39 bits per heavy atom. The minimum absolute atomic E-state index is 0.0141. The molecule has 0 saturated heterocycles. The molecule has 96 valence electrons. The lowest BCUT2D eigenvalue weighted by Crippen LogP contribution is -2.20. The summed E-state index contributed by atoms with van der Waals surface area (Å²) >= 11 is 0. The maximum absolute atomic E-state index is 11.7. The van der Waals surface area contributed by atoms with E-state index in [4.69, 9.17) is 5.26 Å². The highest BCUT2D eigenvalue weighted by Crippen LogP contribution is 2.23. The summed E-state index contributed by atoms with van der Waals surface area (Å²) in [4.78, 5) is 11.7. The number of nitrogens with zero attached hydrogens (tertiary/aromatic N) is 1. The van der Waals surface area contributed by atoms with Crippen molar-refractivity contribution in [1.82, 2.24) is 0 Å². The van der Waals surface area contributed by atoms with Crippen LogP contribution in [-0.4, -0.2) is 5.91 Å². The maximum atomic E-state index is 11.7. The van der Waals surface area contributed by atoms with Crippen LogP contribution in [0.3, 0.4) is 0 Å². The molecule has 1 amide bonds. The molecule has 0 heterocycles. The second-order valence-corrected chi connectivity index (χ2v) is 5.11. The van der Waals surface area contributed by atoms with Crippen LogP contribution in [-0.2, 0) is 10.2 Å². The van der Waals surface area contributed by atoms with Crippen molar-refractivity contribution >= 4 is 11.6 Å². The highest BCUT2D eigenvalue weighted by atomic mass is 16.1. The van der Waals surface area contributed by atoms with Gasteiger partial charge in [0.2, 0.25) is 5.91 Å². The minimum Gasteiger partial charge on any atom is -0.326 e. The number of benzene rings is 1. The van der Waals surface area contributed by atoms with Crippen LogP contribution in [0, 0.1) is 17.2 Å². The van der Waals surface area contributed by atoms with Crippen molar-refractivity contribution < 1.29 is 4.79 Å². The zero-order chi connectivity index (χ0) is 13.8. The molecule has 0 aromatic heterocycles. The van der Waals surface area contributed by atoms with Crippen molar-refractivity contribution in [2.75, 3.05) is 5.32 Å². The lowest BCUT2D eigenvalue weighted by molar-refractivity contribution is -0.119. The first-order valence-corrected chi connectivity index (χ1v) is 6.23. The van der Waals surface area contributed by atoms with Gasteiger partial charge in [-0.15, -0.1) is 0 Å². The van der Waals surface area contributed by atoms with Crippen LogP contribution in [0.25, 0.3) is 0 Å². The van der Waals surface area contributed by atoms with E-state index in [9.17, 15) is 4.79 Å². The van der Waals surface area contributed by atoms with Crippen molar-refractivity contribution in [2.24, 2.45) is 5.92 Å². The van der Waals surface area contributed by atoms with E-state index in [0.717, 1.165) is 17.7 Å². The number of carbonyl (C=O) groups is 1. The van der Waals surface area contributed by atoms with Crippen LogP contribution < -0.4 is 5.32 Å². The third-order valence-electron chi connectivity index (χ3n) is 3.21. The van der Waals surface area contributed by atoms with E-state index in [1.807, 2.05) is 52.0 Å². The summed E-state index contributed by atoms with van der Waals surface area (Å²) in [6, 6.07) is 9.71. The third-order valence-corrected chi connectivity index (χ3v) is 3.21. The van der Waals surface area contributed by atoms with Crippen molar-refractivity contribution in [3.63, 3.8) is 0 Å². The molecule has 3 heteroatoms. The normalized spacial score (nSPS) is 12.6. The van der Waals surface area contributed by atoms with E-state index in [1.54, 1.807) is 0 Å². The monoisotopic (exact) mass is 244 g/mol. The van der Waals surface area contributed by atoms with Gasteiger partial charge >= 0.3 is 0 Å². The molecule has 3 nitrogen and oxygen atoms in total. The van der Waals surface area contributed by atoms with E-state index in [-0.39, 0.29) is 11.8 Å². The Hall–Kier alpha value is -1.82. The molecule has 0 fully saturated rings. The second kappa shape index (κ2) is 5.68. The van der Waals surface area contributed by atoms with Crippen LogP contribution in [0.4, 0.5) is 5.69 Å². The van der Waals surface area contributed by atoms with Crippen molar-refractivity contribution in [1.29, 1.82) is 5.26 Å². The molecule has 18 heavy (non-hydrogen) atoms. The number of rotatable bonds is 4. The van der Waals surface area contributed by atoms with Crippen LogP contribution in [0.15, 0.2) is 24.3 Å². The maximum Gasteiger partial charge on any atom is 0.227 e. The Bertz CT molecular complexity index is 454. The van der Waals surface area contributed by atoms with E-state index in [1.165, 1.54) is 0 Å². The molecule has 0 aliphatic rings. The molecule has 0 spiro atoms. The fourth-order valence-electron chi connectivity index (χ4n) is 1.49. The van der Waals surface area contributed by atoms with Crippen molar-refractivity contribution in [3.8, 4) is 6.07 Å². The molecule has 1 N–H and O–H groups in total. The van der Waals surface area contributed by atoms with Gasteiger partial charge < -0.3 is 5.32 Å². The molecule has 1 aromatic rings. The fraction of sp³-hybridized carbons (Fsp3) is 0.467. The van der Waals surface area contributed by atoms with Crippen molar-refractivity contribution in [2.45, 2.75) is 39.5 Å². The molecular weight excluding hydrogens is 224 g/mol. The van der Waals surface area contributed by atoms with E-state index < -0.39 is 5.41 Å². The number of nitriles is 1. The molecule has 1 atom stereocenters. The van der Waals surface area contributed by atoms with E-state index in [0.29, 0.717) is 0 Å². The van der Waals surface area contributed by atoms with Gasteiger partial charge in [0, 0.05) is 11.6 Å². The lowest BCUT2D eigenvalue weighted by atomic mass is 9.86. The number of carbonyl (C=O) groups excluding carboxylic acids is 1. The van der Waals surface area contributed by atoms with Gasteiger partial charge in [-0.3, -0.25) is 4.79 Å². The Kier molecular flexibility index (Phi) is 4.49. The fourth-order valence-corrected chi connectivity index (χ4v) is 1.49. The summed E-state index contributed by atoms with van der Waals surface area (Å²) in [7, 11) is 0. The summed E-state index contributed by atoms with van der Waals surface area (Å²) in [6.07, 6.45) is 0.825. The van der Waals surface area contributed by atoms with Crippen LogP contribution in [0.2, 0.25) is 0 Å². The van der Waals surface area contributed by atoms with Gasteiger partial charge in [-0.1, -0.05) is 26.0 Å². The topological polar surface area (TPSA) is 52.9 Å². The third kappa shape index (κ3) is 3.33. The second-order valence-electron chi connectivity index (χ2n) is 5.11. The predicted octanol–water partition coefficient (Wildman–Crippen LogP) is 3.47. The van der Waals surface area contributed by atoms with Crippen LogP contribution in [0.1, 0.15) is 39.7 Å². The molecule has 0 aliphatic carbocycles. The summed E-state index contributed by atoms with van der Waals surface area (Å²) in [6.45, 7) is 7.64. The molecule has 0 aliphatic heterocycles. The number of anilines is 1. The zero-order valence-corrected chi connectivity index (χ0v) is 11.4. The van der Waals surface area contributed by atoms with Crippen LogP contribution in [0.5, 0.6) is 0 Å². The predicted molar refractivity (Wildman–Crippen MR) is 73.2 cm³/mol. The molecule has 0 radical (unpaired) electrons. The van der Waals surface area contributed by atoms with Gasteiger partial charge in [-0.05, 0) is 38.0 Å². The van der Waals surface area contributed by atoms with Gasteiger partial charge in [-0.25, -0.2) is 0 Å².